The number of carbonyl (C=O) groups is 1. The van der Waals surface area contributed by atoms with Crippen molar-refractivity contribution in [3.8, 4) is 0 Å². The number of hydrogen-bond acceptors (Lipinski definition) is 2. The predicted molar refractivity (Wildman–Crippen MR) is 67.2 cm³/mol. The van der Waals surface area contributed by atoms with Crippen LogP contribution in [-0.2, 0) is 11.3 Å². The SMILES string of the molecule is CC(CCNCc1cc(Br)ccc1F)C(=O)O. The molecule has 1 aromatic rings. The number of rotatable bonds is 6. The molecule has 0 aromatic heterocycles. The van der Waals surface area contributed by atoms with Crippen LogP contribution in [0.15, 0.2) is 22.7 Å². The fraction of sp³-hybridized carbons (Fsp3) is 0.417. The minimum Gasteiger partial charge on any atom is -0.481 e. The van der Waals surface area contributed by atoms with Gasteiger partial charge in [0.2, 0.25) is 0 Å². The van der Waals surface area contributed by atoms with Crippen molar-refractivity contribution in [2.24, 2.45) is 5.92 Å². The maximum absolute atomic E-state index is 13.3. The molecule has 1 atom stereocenters. The summed E-state index contributed by atoms with van der Waals surface area (Å²) in [5, 5.41) is 11.7. The topological polar surface area (TPSA) is 49.3 Å². The molecule has 0 aliphatic carbocycles. The van der Waals surface area contributed by atoms with Crippen LogP contribution in [0, 0.1) is 11.7 Å². The molecular weight excluding hydrogens is 289 g/mol. The standard InChI is InChI=1S/C12H15BrFNO2/c1-8(12(16)17)4-5-15-7-9-6-10(13)2-3-11(9)14/h2-3,6,8,15H,4-5,7H2,1H3,(H,16,17). The van der Waals surface area contributed by atoms with Gasteiger partial charge in [-0.2, -0.15) is 0 Å². The number of hydrogen-bond donors (Lipinski definition) is 2. The van der Waals surface area contributed by atoms with Crippen LogP contribution in [0.25, 0.3) is 0 Å². The van der Waals surface area contributed by atoms with E-state index in [2.05, 4.69) is 21.2 Å². The molecule has 2 N–H and O–H groups in total. The van der Waals surface area contributed by atoms with Crippen molar-refractivity contribution in [2.75, 3.05) is 6.54 Å². The molecule has 0 heterocycles. The molecule has 1 rings (SSSR count). The van der Waals surface area contributed by atoms with Crippen LogP contribution in [0.1, 0.15) is 18.9 Å². The summed E-state index contributed by atoms with van der Waals surface area (Å²) in [6.45, 7) is 2.61. The summed E-state index contributed by atoms with van der Waals surface area (Å²) in [5.74, 6) is -1.44. The molecule has 0 saturated carbocycles. The van der Waals surface area contributed by atoms with Crippen LogP contribution >= 0.6 is 15.9 Å². The highest BCUT2D eigenvalue weighted by atomic mass is 79.9. The van der Waals surface area contributed by atoms with Crippen molar-refractivity contribution in [2.45, 2.75) is 19.9 Å². The minimum atomic E-state index is -0.805. The second kappa shape index (κ2) is 6.71. The van der Waals surface area contributed by atoms with E-state index in [1.54, 1.807) is 19.1 Å². The largest absolute Gasteiger partial charge is 0.481 e. The van der Waals surface area contributed by atoms with E-state index in [4.69, 9.17) is 5.11 Å². The molecule has 0 saturated heterocycles. The van der Waals surface area contributed by atoms with Gasteiger partial charge in [-0.05, 0) is 31.2 Å². The normalized spacial score (nSPS) is 12.4. The van der Waals surface area contributed by atoms with Gasteiger partial charge in [-0.1, -0.05) is 22.9 Å². The Kier molecular flexibility index (Phi) is 5.58. The van der Waals surface area contributed by atoms with E-state index in [1.807, 2.05) is 0 Å². The van der Waals surface area contributed by atoms with E-state index in [-0.39, 0.29) is 11.7 Å². The van der Waals surface area contributed by atoms with Gasteiger partial charge < -0.3 is 10.4 Å². The minimum absolute atomic E-state index is 0.257. The van der Waals surface area contributed by atoms with Gasteiger partial charge in [0.15, 0.2) is 0 Å². The van der Waals surface area contributed by atoms with Gasteiger partial charge in [0.25, 0.3) is 0 Å². The van der Waals surface area contributed by atoms with Crippen molar-refractivity contribution >= 4 is 21.9 Å². The van der Waals surface area contributed by atoms with Crippen molar-refractivity contribution in [3.05, 3.63) is 34.1 Å². The van der Waals surface area contributed by atoms with Crippen molar-refractivity contribution in [1.82, 2.24) is 5.32 Å². The summed E-state index contributed by atoms with van der Waals surface area (Å²) >= 11 is 3.28. The summed E-state index contributed by atoms with van der Waals surface area (Å²) in [4.78, 5) is 10.6. The third-order valence-electron chi connectivity index (χ3n) is 2.50. The molecule has 94 valence electrons. The summed E-state index contributed by atoms with van der Waals surface area (Å²) in [5.41, 5.74) is 0.572. The third kappa shape index (κ3) is 4.83. The van der Waals surface area contributed by atoms with E-state index >= 15 is 0 Å². The van der Waals surface area contributed by atoms with Gasteiger partial charge in [0, 0.05) is 16.6 Å². The monoisotopic (exact) mass is 303 g/mol. The highest BCUT2D eigenvalue weighted by molar-refractivity contribution is 9.10. The lowest BCUT2D eigenvalue weighted by molar-refractivity contribution is -0.141. The van der Waals surface area contributed by atoms with Crippen LogP contribution in [-0.4, -0.2) is 17.6 Å². The molecule has 0 aliphatic heterocycles. The fourth-order valence-electron chi connectivity index (χ4n) is 1.34. The van der Waals surface area contributed by atoms with Crippen LogP contribution < -0.4 is 5.32 Å². The molecule has 0 bridgehead atoms. The van der Waals surface area contributed by atoms with Crippen molar-refractivity contribution in [3.63, 3.8) is 0 Å². The average Bonchev–Trinajstić information content (AvgIpc) is 2.28. The van der Waals surface area contributed by atoms with E-state index in [0.717, 1.165) is 4.47 Å². The Hall–Kier alpha value is -0.940. The van der Waals surface area contributed by atoms with E-state index in [9.17, 15) is 9.18 Å². The van der Waals surface area contributed by atoms with Crippen LogP contribution in [0.5, 0.6) is 0 Å². The van der Waals surface area contributed by atoms with Gasteiger partial charge in [0.1, 0.15) is 5.82 Å². The van der Waals surface area contributed by atoms with Crippen molar-refractivity contribution in [1.29, 1.82) is 0 Å². The Morgan fingerprint density at radius 1 is 1.59 bits per heavy atom. The second-order valence-corrected chi connectivity index (χ2v) is 4.86. The molecule has 1 unspecified atom stereocenters. The summed E-state index contributed by atoms with van der Waals surface area (Å²) in [6.07, 6.45) is 0.533. The number of halogens is 2. The molecule has 0 spiro atoms. The van der Waals surface area contributed by atoms with Gasteiger partial charge in [-0.25, -0.2) is 4.39 Å². The highest BCUT2D eigenvalue weighted by Crippen LogP contribution is 2.15. The summed E-state index contributed by atoms with van der Waals surface area (Å²) < 4.78 is 14.2. The maximum Gasteiger partial charge on any atom is 0.306 e. The van der Waals surface area contributed by atoms with Gasteiger partial charge in [-0.3, -0.25) is 4.79 Å². The number of nitrogens with one attached hydrogen (secondary N) is 1. The molecule has 0 amide bonds. The lowest BCUT2D eigenvalue weighted by Gasteiger charge is -2.08. The first kappa shape index (κ1) is 14.1. The third-order valence-corrected chi connectivity index (χ3v) is 2.99. The Morgan fingerprint density at radius 2 is 2.29 bits per heavy atom. The molecular formula is C12H15BrFNO2. The van der Waals surface area contributed by atoms with Crippen LogP contribution in [0.4, 0.5) is 4.39 Å². The Bertz CT molecular complexity index is 398. The average molecular weight is 304 g/mol. The van der Waals surface area contributed by atoms with Crippen molar-refractivity contribution < 1.29 is 14.3 Å². The molecule has 0 aliphatic rings. The molecule has 0 fully saturated rings. The Labute approximate surface area is 108 Å². The van der Waals surface area contributed by atoms with Crippen LogP contribution in [0.2, 0.25) is 0 Å². The summed E-state index contributed by atoms with van der Waals surface area (Å²) in [7, 11) is 0. The number of benzene rings is 1. The Morgan fingerprint density at radius 3 is 2.94 bits per heavy atom. The van der Waals surface area contributed by atoms with E-state index in [1.165, 1.54) is 6.07 Å². The predicted octanol–water partition coefficient (Wildman–Crippen LogP) is 2.79. The number of carboxylic acids is 1. The zero-order valence-corrected chi connectivity index (χ0v) is 11.1. The molecule has 1 aromatic carbocycles. The van der Waals surface area contributed by atoms with Crippen LogP contribution in [0.3, 0.4) is 0 Å². The highest BCUT2D eigenvalue weighted by Gasteiger charge is 2.09. The maximum atomic E-state index is 13.3. The lowest BCUT2D eigenvalue weighted by atomic mass is 10.1. The van der Waals surface area contributed by atoms with Gasteiger partial charge >= 0.3 is 5.97 Å². The van der Waals surface area contributed by atoms with E-state index < -0.39 is 5.97 Å². The quantitative estimate of drug-likeness (QED) is 0.795. The van der Waals surface area contributed by atoms with Gasteiger partial charge in [-0.15, -0.1) is 0 Å². The molecule has 3 nitrogen and oxygen atoms in total. The first-order valence-electron chi connectivity index (χ1n) is 5.38. The molecule has 5 heteroatoms. The van der Waals surface area contributed by atoms with E-state index in [0.29, 0.717) is 25.1 Å². The number of aliphatic carboxylic acids is 1. The zero-order chi connectivity index (χ0) is 12.8. The first-order valence-corrected chi connectivity index (χ1v) is 6.17. The molecule has 17 heavy (non-hydrogen) atoms. The second-order valence-electron chi connectivity index (χ2n) is 3.94. The van der Waals surface area contributed by atoms with Gasteiger partial charge in [0.05, 0.1) is 5.92 Å². The number of carboxylic acid groups (broad SMARTS) is 1. The first-order chi connectivity index (χ1) is 8.00. The zero-order valence-electron chi connectivity index (χ0n) is 9.54. The summed E-state index contributed by atoms with van der Waals surface area (Å²) in [6, 6.07) is 4.76. The lowest BCUT2D eigenvalue weighted by Crippen LogP contribution is -2.20. The Balaban J connectivity index is 2.36. The molecule has 0 radical (unpaired) electrons. The smallest absolute Gasteiger partial charge is 0.306 e. The fourth-order valence-corrected chi connectivity index (χ4v) is 1.75.